The van der Waals surface area contributed by atoms with Crippen LogP contribution in [0.25, 0.3) is 16.7 Å². The van der Waals surface area contributed by atoms with Gasteiger partial charge in [0.15, 0.2) is 5.75 Å². The molecule has 0 spiro atoms. The van der Waals surface area contributed by atoms with E-state index in [0.717, 1.165) is 15.5 Å². The normalized spacial score (nSPS) is 10.3. The van der Waals surface area contributed by atoms with Gasteiger partial charge in [-0.25, -0.2) is 4.68 Å². The SMILES string of the molecule is N#Cc1cc(Oc2ccc(Br)cc2)c(-n2nnc3ccccc32)cc1C#N. The van der Waals surface area contributed by atoms with Crippen LogP contribution >= 0.6 is 15.9 Å². The van der Waals surface area contributed by atoms with Crippen LogP contribution < -0.4 is 4.74 Å². The third-order valence-corrected chi connectivity index (χ3v) is 4.49. The maximum atomic E-state index is 9.40. The first-order valence-corrected chi connectivity index (χ1v) is 8.71. The van der Waals surface area contributed by atoms with Gasteiger partial charge < -0.3 is 4.74 Å². The van der Waals surface area contributed by atoms with Crippen molar-refractivity contribution in [2.45, 2.75) is 0 Å². The molecule has 0 bridgehead atoms. The molecule has 6 nitrogen and oxygen atoms in total. The molecule has 27 heavy (non-hydrogen) atoms. The molecular formula is C20H10BrN5O. The number of fused-ring (bicyclic) bond motifs is 1. The molecule has 0 radical (unpaired) electrons. The Morgan fingerprint density at radius 1 is 0.926 bits per heavy atom. The van der Waals surface area contributed by atoms with Crippen LogP contribution in [-0.2, 0) is 0 Å². The number of nitrogens with zero attached hydrogens (tertiary/aromatic N) is 5. The number of ether oxygens (including phenoxy) is 1. The van der Waals surface area contributed by atoms with Crippen molar-refractivity contribution in [2.24, 2.45) is 0 Å². The molecule has 4 rings (SSSR count). The van der Waals surface area contributed by atoms with Gasteiger partial charge in [0.2, 0.25) is 0 Å². The molecule has 0 unspecified atom stereocenters. The van der Waals surface area contributed by atoms with Gasteiger partial charge in [0.25, 0.3) is 0 Å². The standard InChI is InChI=1S/C20H10BrN5O/c21-15-5-7-16(8-6-15)27-20-10-14(12-23)13(11-22)9-19(20)26-18-4-2-1-3-17(18)24-25-26/h1-10H. The first-order valence-electron chi connectivity index (χ1n) is 7.92. The third-order valence-electron chi connectivity index (χ3n) is 3.96. The van der Waals surface area contributed by atoms with Crippen LogP contribution in [0.5, 0.6) is 11.5 Å². The monoisotopic (exact) mass is 415 g/mol. The molecule has 128 valence electrons. The number of hydrogen-bond acceptors (Lipinski definition) is 5. The van der Waals surface area contributed by atoms with Gasteiger partial charge in [0, 0.05) is 10.5 Å². The summed E-state index contributed by atoms with van der Waals surface area (Å²) in [6, 6.07) is 22.0. The lowest BCUT2D eigenvalue weighted by atomic mass is 10.1. The molecule has 1 aromatic heterocycles. The number of aromatic nitrogens is 3. The number of halogens is 1. The molecule has 0 amide bonds. The lowest BCUT2D eigenvalue weighted by Crippen LogP contribution is -2.02. The minimum atomic E-state index is 0.234. The van der Waals surface area contributed by atoms with Crippen LogP contribution in [0.15, 0.2) is 65.1 Å². The Morgan fingerprint density at radius 2 is 1.63 bits per heavy atom. The van der Waals surface area contributed by atoms with Gasteiger partial charge in [-0.3, -0.25) is 0 Å². The maximum Gasteiger partial charge on any atom is 0.154 e. The second-order valence-electron chi connectivity index (χ2n) is 5.64. The predicted molar refractivity (Wildman–Crippen MR) is 103 cm³/mol. The Kier molecular flexibility index (Phi) is 4.29. The van der Waals surface area contributed by atoms with E-state index in [1.165, 1.54) is 0 Å². The fraction of sp³-hybridized carbons (Fsp3) is 0. The first-order chi connectivity index (χ1) is 13.2. The van der Waals surface area contributed by atoms with E-state index in [4.69, 9.17) is 4.74 Å². The molecule has 1 heterocycles. The molecule has 0 saturated heterocycles. The minimum absolute atomic E-state index is 0.234. The third kappa shape index (κ3) is 3.12. The summed E-state index contributed by atoms with van der Waals surface area (Å²) in [5.74, 6) is 1.00. The summed E-state index contributed by atoms with van der Waals surface area (Å²) in [6.07, 6.45) is 0. The predicted octanol–water partition coefficient (Wildman–Crippen LogP) is 4.72. The zero-order chi connectivity index (χ0) is 18.8. The molecule has 0 aliphatic rings. The quantitative estimate of drug-likeness (QED) is 0.482. The van der Waals surface area contributed by atoms with Crippen LogP contribution in [0.2, 0.25) is 0 Å². The fourth-order valence-corrected chi connectivity index (χ4v) is 2.94. The van der Waals surface area contributed by atoms with Crippen molar-refractivity contribution >= 4 is 27.0 Å². The summed E-state index contributed by atoms with van der Waals surface area (Å²) in [7, 11) is 0. The van der Waals surface area contributed by atoms with Gasteiger partial charge in [0.05, 0.1) is 16.6 Å². The Bertz CT molecular complexity index is 1230. The van der Waals surface area contributed by atoms with E-state index in [9.17, 15) is 10.5 Å². The zero-order valence-electron chi connectivity index (χ0n) is 13.8. The zero-order valence-corrected chi connectivity index (χ0v) is 15.4. The molecule has 7 heteroatoms. The molecule has 0 saturated carbocycles. The molecule has 0 fully saturated rings. The maximum absolute atomic E-state index is 9.40. The molecule has 0 aliphatic heterocycles. The average Bonchev–Trinajstić information content (AvgIpc) is 3.13. The molecule has 0 aliphatic carbocycles. The van der Waals surface area contributed by atoms with Crippen LogP contribution in [0.1, 0.15) is 11.1 Å². The second kappa shape index (κ2) is 6.91. The van der Waals surface area contributed by atoms with Gasteiger partial charge in [-0.1, -0.05) is 33.3 Å². The number of rotatable bonds is 3. The Hall–Kier alpha value is -3.68. The van der Waals surface area contributed by atoms with E-state index < -0.39 is 0 Å². The molecule has 3 aromatic carbocycles. The summed E-state index contributed by atoms with van der Waals surface area (Å²) in [6.45, 7) is 0. The van der Waals surface area contributed by atoms with Gasteiger partial charge in [0.1, 0.15) is 29.1 Å². The lowest BCUT2D eigenvalue weighted by molar-refractivity contribution is 0.478. The highest BCUT2D eigenvalue weighted by atomic mass is 79.9. The van der Waals surface area contributed by atoms with Crippen LogP contribution in [0.3, 0.4) is 0 Å². The van der Waals surface area contributed by atoms with Crippen molar-refractivity contribution in [3.05, 3.63) is 76.3 Å². The molecule has 0 N–H and O–H groups in total. The number of para-hydroxylation sites is 1. The summed E-state index contributed by atoms with van der Waals surface area (Å²) in [5.41, 5.74) is 2.50. The van der Waals surface area contributed by atoms with E-state index in [1.807, 2.05) is 48.5 Å². The highest BCUT2D eigenvalue weighted by Crippen LogP contribution is 2.33. The van der Waals surface area contributed by atoms with Gasteiger partial charge in [-0.15, -0.1) is 5.10 Å². The Morgan fingerprint density at radius 3 is 2.37 bits per heavy atom. The first kappa shape index (κ1) is 16.8. The van der Waals surface area contributed by atoms with Crippen molar-refractivity contribution in [1.29, 1.82) is 10.5 Å². The summed E-state index contributed by atoms with van der Waals surface area (Å²) < 4.78 is 8.54. The van der Waals surface area contributed by atoms with E-state index in [-0.39, 0.29) is 11.1 Å². The molecule has 4 aromatic rings. The molecule has 0 atom stereocenters. The largest absolute Gasteiger partial charge is 0.455 e. The highest BCUT2D eigenvalue weighted by Gasteiger charge is 2.16. The van der Waals surface area contributed by atoms with Gasteiger partial charge in [-0.2, -0.15) is 10.5 Å². The Balaban J connectivity index is 1.92. The van der Waals surface area contributed by atoms with Crippen LogP contribution in [0.4, 0.5) is 0 Å². The number of hydrogen-bond donors (Lipinski definition) is 0. The number of nitriles is 2. The van der Waals surface area contributed by atoms with E-state index in [2.05, 4.69) is 26.2 Å². The minimum Gasteiger partial charge on any atom is -0.455 e. The van der Waals surface area contributed by atoms with Crippen LogP contribution in [-0.4, -0.2) is 15.0 Å². The second-order valence-corrected chi connectivity index (χ2v) is 6.55. The van der Waals surface area contributed by atoms with Crippen molar-refractivity contribution in [1.82, 2.24) is 15.0 Å². The Labute approximate surface area is 163 Å². The van der Waals surface area contributed by atoms with Crippen molar-refractivity contribution in [3.8, 4) is 29.3 Å². The van der Waals surface area contributed by atoms with E-state index >= 15 is 0 Å². The average molecular weight is 416 g/mol. The topological polar surface area (TPSA) is 87.5 Å². The summed E-state index contributed by atoms with van der Waals surface area (Å²) in [4.78, 5) is 0. The van der Waals surface area contributed by atoms with Crippen molar-refractivity contribution in [3.63, 3.8) is 0 Å². The van der Waals surface area contributed by atoms with Crippen molar-refractivity contribution < 1.29 is 4.74 Å². The molecular weight excluding hydrogens is 406 g/mol. The van der Waals surface area contributed by atoms with Gasteiger partial charge >= 0.3 is 0 Å². The summed E-state index contributed by atoms with van der Waals surface area (Å²) >= 11 is 3.39. The fourth-order valence-electron chi connectivity index (χ4n) is 2.68. The van der Waals surface area contributed by atoms with E-state index in [1.54, 1.807) is 28.9 Å². The van der Waals surface area contributed by atoms with Gasteiger partial charge in [-0.05, 0) is 42.5 Å². The highest BCUT2D eigenvalue weighted by molar-refractivity contribution is 9.10. The summed E-state index contributed by atoms with van der Waals surface area (Å²) in [5, 5.41) is 27.1. The van der Waals surface area contributed by atoms with E-state index in [0.29, 0.717) is 17.2 Å². The van der Waals surface area contributed by atoms with Crippen LogP contribution in [0, 0.1) is 22.7 Å². The van der Waals surface area contributed by atoms with Crippen molar-refractivity contribution in [2.75, 3.05) is 0 Å². The smallest absolute Gasteiger partial charge is 0.154 e. The number of benzene rings is 3. The lowest BCUT2D eigenvalue weighted by Gasteiger charge is -2.13.